The molecule has 0 radical (unpaired) electrons. The molecule has 6 heteroatoms. The smallest absolute Gasteiger partial charge is 0.225 e. The first-order valence-corrected chi connectivity index (χ1v) is 10.3. The number of likely N-dealkylation sites (tertiary alicyclic amines) is 1. The Bertz CT molecular complexity index is 442. The first-order valence-electron chi connectivity index (χ1n) is 8.44. The van der Waals surface area contributed by atoms with E-state index in [9.17, 15) is 13.2 Å². The van der Waals surface area contributed by atoms with E-state index < -0.39 is 10.0 Å². The Kier molecular flexibility index (Phi) is 7.83. The largest absolute Gasteiger partial charge is 0.342 e. The number of sulfonamides is 1. The number of nitrogens with zero attached hydrogens (tertiary/aromatic N) is 1. The van der Waals surface area contributed by atoms with Crippen molar-refractivity contribution in [2.24, 2.45) is 17.8 Å². The van der Waals surface area contributed by atoms with Crippen molar-refractivity contribution >= 4 is 15.9 Å². The average Bonchev–Trinajstić information content (AvgIpc) is 2.44. The molecule has 130 valence electrons. The fourth-order valence-corrected chi connectivity index (χ4v) is 3.70. The molecule has 0 unspecified atom stereocenters. The highest BCUT2D eigenvalue weighted by molar-refractivity contribution is 7.88. The van der Waals surface area contributed by atoms with E-state index >= 15 is 0 Å². The van der Waals surface area contributed by atoms with E-state index in [1.54, 1.807) is 0 Å². The molecule has 2 atom stereocenters. The standard InChI is InChI=1S/C16H32N2O3S/c1-13(2)12-15(8-9-17-22(4,20)21)14(3)16(19)18-10-6-5-7-11-18/h13-15,17H,5-12H2,1-4H3/t14-,15-/m0/s1. The molecule has 1 heterocycles. The van der Waals surface area contributed by atoms with Crippen LogP contribution in [-0.2, 0) is 14.8 Å². The maximum atomic E-state index is 12.7. The lowest BCUT2D eigenvalue weighted by atomic mass is 9.83. The normalized spacial score (nSPS) is 19.2. The molecule has 0 aliphatic carbocycles. The summed E-state index contributed by atoms with van der Waals surface area (Å²) in [6, 6.07) is 0. The molecule has 1 saturated heterocycles. The van der Waals surface area contributed by atoms with Gasteiger partial charge in [0.05, 0.1) is 6.26 Å². The summed E-state index contributed by atoms with van der Waals surface area (Å²) in [5.74, 6) is 0.926. The topological polar surface area (TPSA) is 66.5 Å². The van der Waals surface area contributed by atoms with Crippen LogP contribution in [0.25, 0.3) is 0 Å². The zero-order valence-electron chi connectivity index (χ0n) is 14.5. The van der Waals surface area contributed by atoms with Crippen LogP contribution in [0.3, 0.4) is 0 Å². The summed E-state index contributed by atoms with van der Waals surface area (Å²) in [4.78, 5) is 14.7. The van der Waals surface area contributed by atoms with Crippen LogP contribution in [0.5, 0.6) is 0 Å². The lowest BCUT2D eigenvalue weighted by molar-refractivity contribution is -0.137. The second-order valence-corrected chi connectivity index (χ2v) is 8.85. The van der Waals surface area contributed by atoms with Crippen molar-refractivity contribution < 1.29 is 13.2 Å². The first-order chi connectivity index (χ1) is 10.2. The van der Waals surface area contributed by atoms with Crippen molar-refractivity contribution in [1.29, 1.82) is 0 Å². The fraction of sp³-hybridized carbons (Fsp3) is 0.938. The Morgan fingerprint density at radius 1 is 1.14 bits per heavy atom. The maximum Gasteiger partial charge on any atom is 0.225 e. The molecule has 1 aliphatic rings. The van der Waals surface area contributed by atoms with Gasteiger partial charge in [-0.2, -0.15) is 0 Å². The van der Waals surface area contributed by atoms with Crippen molar-refractivity contribution in [2.75, 3.05) is 25.9 Å². The summed E-state index contributed by atoms with van der Waals surface area (Å²) in [7, 11) is -3.16. The van der Waals surface area contributed by atoms with Gasteiger partial charge in [-0.15, -0.1) is 0 Å². The van der Waals surface area contributed by atoms with Gasteiger partial charge in [0.15, 0.2) is 0 Å². The van der Waals surface area contributed by atoms with Crippen molar-refractivity contribution in [3.63, 3.8) is 0 Å². The van der Waals surface area contributed by atoms with Gasteiger partial charge in [0, 0.05) is 25.6 Å². The van der Waals surface area contributed by atoms with Crippen molar-refractivity contribution in [1.82, 2.24) is 9.62 Å². The number of nitrogens with one attached hydrogen (secondary N) is 1. The lowest BCUT2D eigenvalue weighted by Gasteiger charge is -2.33. The van der Waals surface area contributed by atoms with Crippen molar-refractivity contribution in [2.45, 2.75) is 52.9 Å². The van der Waals surface area contributed by atoms with Crippen LogP contribution in [0.2, 0.25) is 0 Å². The van der Waals surface area contributed by atoms with Gasteiger partial charge in [0.25, 0.3) is 0 Å². The molecule has 0 bridgehead atoms. The highest BCUT2D eigenvalue weighted by Gasteiger charge is 2.29. The number of carbonyl (C=O) groups is 1. The molecule has 0 aromatic rings. The zero-order chi connectivity index (χ0) is 16.8. The summed E-state index contributed by atoms with van der Waals surface area (Å²) < 4.78 is 24.9. The van der Waals surface area contributed by atoms with E-state index in [-0.39, 0.29) is 17.7 Å². The third kappa shape index (κ3) is 7.09. The van der Waals surface area contributed by atoms with Crippen molar-refractivity contribution in [3.05, 3.63) is 0 Å². The quantitative estimate of drug-likeness (QED) is 0.741. The molecule has 0 aromatic heterocycles. The molecular formula is C16H32N2O3S. The van der Waals surface area contributed by atoms with Crippen molar-refractivity contribution in [3.8, 4) is 0 Å². The summed E-state index contributed by atoms with van der Waals surface area (Å²) in [5.41, 5.74) is 0. The van der Waals surface area contributed by atoms with Gasteiger partial charge in [-0.3, -0.25) is 4.79 Å². The molecule has 1 rings (SSSR count). The summed E-state index contributed by atoms with van der Waals surface area (Å²) in [6.07, 6.45) is 6.25. The maximum absolute atomic E-state index is 12.7. The van der Waals surface area contributed by atoms with Gasteiger partial charge in [-0.25, -0.2) is 13.1 Å². The molecule has 5 nitrogen and oxygen atoms in total. The Morgan fingerprint density at radius 2 is 1.73 bits per heavy atom. The third-order valence-corrected chi connectivity index (χ3v) is 5.15. The van der Waals surface area contributed by atoms with Crippen LogP contribution in [0.1, 0.15) is 52.9 Å². The van der Waals surface area contributed by atoms with Crippen LogP contribution < -0.4 is 4.72 Å². The number of hydrogen-bond acceptors (Lipinski definition) is 3. The van der Waals surface area contributed by atoms with E-state index in [1.165, 1.54) is 12.7 Å². The average molecular weight is 333 g/mol. The Morgan fingerprint density at radius 3 is 2.23 bits per heavy atom. The van der Waals surface area contributed by atoms with Crippen LogP contribution in [0.15, 0.2) is 0 Å². The van der Waals surface area contributed by atoms with Gasteiger partial charge in [0.1, 0.15) is 0 Å². The highest BCUT2D eigenvalue weighted by atomic mass is 32.2. The number of carbonyl (C=O) groups excluding carboxylic acids is 1. The third-order valence-electron chi connectivity index (χ3n) is 4.42. The summed E-state index contributed by atoms with van der Waals surface area (Å²) in [5, 5.41) is 0. The SMILES string of the molecule is CC(C)C[C@H](CCNS(C)(=O)=O)[C@H](C)C(=O)N1CCCCC1. The lowest BCUT2D eigenvalue weighted by Crippen LogP contribution is -2.41. The zero-order valence-corrected chi connectivity index (χ0v) is 15.3. The van der Waals surface area contributed by atoms with E-state index in [0.29, 0.717) is 18.9 Å². The minimum Gasteiger partial charge on any atom is -0.342 e. The highest BCUT2D eigenvalue weighted by Crippen LogP contribution is 2.26. The predicted molar refractivity (Wildman–Crippen MR) is 90.0 cm³/mol. The second-order valence-electron chi connectivity index (χ2n) is 7.02. The Labute approximate surface area is 135 Å². The minimum absolute atomic E-state index is 0.0399. The number of hydrogen-bond donors (Lipinski definition) is 1. The minimum atomic E-state index is -3.16. The molecule has 0 saturated carbocycles. The van der Waals surface area contributed by atoms with Gasteiger partial charge in [-0.1, -0.05) is 20.8 Å². The van der Waals surface area contributed by atoms with Gasteiger partial charge < -0.3 is 4.90 Å². The Balaban J connectivity index is 2.61. The number of amides is 1. The molecule has 0 spiro atoms. The van der Waals surface area contributed by atoms with E-state index in [0.717, 1.165) is 32.4 Å². The van der Waals surface area contributed by atoms with Gasteiger partial charge in [0.2, 0.25) is 15.9 Å². The van der Waals surface area contributed by atoms with Crippen LogP contribution in [0, 0.1) is 17.8 Å². The van der Waals surface area contributed by atoms with Gasteiger partial charge in [-0.05, 0) is 43.9 Å². The second kappa shape index (κ2) is 8.87. The van der Waals surface area contributed by atoms with E-state index in [2.05, 4.69) is 18.6 Å². The molecule has 1 fully saturated rings. The Hall–Kier alpha value is -0.620. The first kappa shape index (κ1) is 19.4. The molecule has 1 aliphatic heterocycles. The summed E-state index contributed by atoms with van der Waals surface area (Å²) >= 11 is 0. The van der Waals surface area contributed by atoms with Gasteiger partial charge >= 0.3 is 0 Å². The van der Waals surface area contributed by atoms with Crippen LogP contribution in [0.4, 0.5) is 0 Å². The molecule has 22 heavy (non-hydrogen) atoms. The fourth-order valence-electron chi connectivity index (χ4n) is 3.21. The predicted octanol–water partition coefficient (Wildman–Crippen LogP) is 2.24. The van der Waals surface area contributed by atoms with Crippen LogP contribution in [-0.4, -0.2) is 45.1 Å². The molecular weight excluding hydrogens is 300 g/mol. The molecule has 0 aromatic carbocycles. The molecule has 1 N–H and O–H groups in total. The van der Waals surface area contributed by atoms with E-state index in [1.807, 2.05) is 11.8 Å². The summed E-state index contributed by atoms with van der Waals surface area (Å²) in [6.45, 7) is 8.46. The van der Waals surface area contributed by atoms with Crippen LogP contribution >= 0.6 is 0 Å². The monoisotopic (exact) mass is 332 g/mol. The van der Waals surface area contributed by atoms with E-state index in [4.69, 9.17) is 0 Å². The number of rotatable bonds is 8. The molecule has 1 amide bonds. The number of piperidine rings is 1.